The monoisotopic (exact) mass is 317 g/mol. The summed E-state index contributed by atoms with van der Waals surface area (Å²) in [5, 5.41) is 7.61. The number of hydrogen-bond acceptors (Lipinski definition) is 3. The van der Waals surface area contributed by atoms with Gasteiger partial charge in [0.2, 0.25) is 5.91 Å². The molecule has 0 aliphatic rings. The summed E-state index contributed by atoms with van der Waals surface area (Å²) < 4.78 is 18.1. The van der Waals surface area contributed by atoms with Crippen molar-refractivity contribution < 1.29 is 18.7 Å². The van der Waals surface area contributed by atoms with Crippen LogP contribution < -0.4 is 16.0 Å². The number of carbonyl (C=O) groups excluding carboxylic acids is 2. The van der Waals surface area contributed by atoms with E-state index in [0.29, 0.717) is 11.4 Å². The molecule has 0 heterocycles. The highest BCUT2D eigenvalue weighted by atomic mass is 19.1. The van der Waals surface area contributed by atoms with Crippen molar-refractivity contribution in [3.8, 4) is 0 Å². The summed E-state index contributed by atoms with van der Waals surface area (Å²) in [5.41, 5.74) is 1.17. The number of hydrogen-bond donors (Lipinski definition) is 3. The van der Waals surface area contributed by atoms with E-state index in [-0.39, 0.29) is 18.2 Å². The number of anilines is 3. The van der Waals surface area contributed by atoms with Crippen LogP contribution in [0.5, 0.6) is 0 Å². The molecule has 0 spiro atoms. The number of carbonyl (C=O) groups is 2. The van der Waals surface area contributed by atoms with Crippen LogP contribution in [-0.2, 0) is 9.53 Å². The molecule has 0 bridgehead atoms. The van der Waals surface area contributed by atoms with Gasteiger partial charge in [0.25, 0.3) is 0 Å². The maximum absolute atomic E-state index is 13.4. The van der Waals surface area contributed by atoms with Crippen LogP contribution >= 0.6 is 0 Å². The van der Waals surface area contributed by atoms with Gasteiger partial charge in [-0.25, -0.2) is 9.18 Å². The van der Waals surface area contributed by atoms with E-state index in [0.717, 1.165) is 0 Å². The van der Waals surface area contributed by atoms with E-state index in [1.807, 2.05) is 0 Å². The lowest BCUT2D eigenvalue weighted by Gasteiger charge is -2.09. The Labute approximate surface area is 132 Å². The van der Waals surface area contributed by atoms with Gasteiger partial charge in [-0.2, -0.15) is 0 Å². The van der Waals surface area contributed by atoms with Gasteiger partial charge in [-0.15, -0.1) is 0 Å². The number of methoxy groups -OCH3 is 1. The topological polar surface area (TPSA) is 79.5 Å². The van der Waals surface area contributed by atoms with Gasteiger partial charge < -0.3 is 20.7 Å². The van der Waals surface area contributed by atoms with Crippen LogP contribution in [0.1, 0.15) is 0 Å². The molecule has 0 saturated heterocycles. The summed E-state index contributed by atoms with van der Waals surface area (Å²) in [7, 11) is 1.43. The van der Waals surface area contributed by atoms with Crippen LogP contribution in [0.25, 0.3) is 0 Å². The Morgan fingerprint density at radius 2 is 1.57 bits per heavy atom. The number of benzene rings is 2. The first-order valence-electron chi connectivity index (χ1n) is 6.80. The van der Waals surface area contributed by atoms with Crippen molar-refractivity contribution in [3.05, 3.63) is 54.3 Å². The molecular formula is C16H16FN3O3. The highest BCUT2D eigenvalue weighted by molar-refractivity contribution is 6.00. The number of rotatable bonds is 5. The van der Waals surface area contributed by atoms with Gasteiger partial charge in [-0.1, -0.05) is 12.1 Å². The molecule has 6 nitrogen and oxygen atoms in total. The van der Waals surface area contributed by atoms with Crippen LogP contribution in [0.15, 0.2) is 48.5 Å². The molecule has 0 radical (unpaired) electrons. The van der Waals surface area contributed by atoms with Gasteiger partial charge in [0.1, 0.15) is 12.4 Å². The molecule has 2 aromatic carbocycles. The Bertz CT molecular complexity index is 689. The summed E-state index contributed by atoms with van der Waals surface area (Å²) in [6.45, 7) is -0.0367. The molecule has 0 fully saturated rings. The van der Waals surface area contributed by atoms with Crippen LogP contribution in [0.3, 0.4) is 0 Å². The summed E-state index contributed by atoms with van der Waals surface area (Å²) in [6, 6.07) is 11.8. The number of ether oxygens (including phenoxy) is 1. The van der Waals surface area contributed by atoms with E-state index in [9.17, 15) is 14.0 Å². The molecule has 0 aliphatic heterocycles. The van der Waals surface area contributed by atoms with Crippen molar-refractivity contribution in [2.75, 3.05) is 29.7 Å². The summed E-state index contributed by atoms with van der Waals surface area (Å²) in [5.74, 6) is -0.788. The lowest BCUT2D eigenvalue weighted by molar-refractivity contribution is -0.119. The maximum atomic E-state index is 13.4. The first-order chi connectivity index (χ1) is 11.1. The molecule has 0 aliphatic carbocycles. The van der Waals surface area contributed by atoms with Crippen LogP contribution in [0.2, 0.25) is 0 Å². The Kier molecular flexibility index (Phi) is 5.65. The molecule has 3 amide bonds. The maximum Gasteiger partial charge on any atom is 0.323 e. The Morgan fingerprint density at radius 3 is 2.17 bits per heavy atom. The molecule has 3 N–H and O–H groups in total. The van der Waals surface area contributed by atoms with Gasteiger partial charge in [0.15, 0.2) is 0 Å². The molecule has 0 aromatic heterocycles. The third kappa shape index (κ3) is 5.08. The fourth-order valence-electron chi connectivity index (χ4n) is 1.81. The number of urea groups is 1. The average molecular weight is 317 g/mol. The molecular weight excluding hydrogens is 301 g/mol. The Balaban J connectivity index is 1.91. The third-order valence-electron chi connectivity index (χ3n) is 2.82. The van der Waals surface area contributed by atoms with Crippen molar-refractivity contribution in [2.45, 2.75) is 0 Å². The zero-order valence-electron chi connectivity index (χ0n) is 12.4. The standard InChI is InChI=1S/C16H16FN3O3/c1-23-10-15(21)18-11-6-8-12(9-7-11)19-16(22)20-14-5-3-2-4-13(14)17/h2-9H,10H2,1H3,(H,18,21)(H2,19,20,22). The van der Waals surface area contributed by atoms with Gasteiger partial charge >= 0.3 is 6.03 Å². The minimum atomic E-state index is -0.564. The average Bonchev–Trinajstić information content (AvgIpc) is 2.52. The smallest absolute Gasteiger partial charge is 0.323 e. The van der Waals surface area contributed by atoms with E-state index in [1.54, 1.807) is 30.3 Å². The molecule has 2 aromatic rings. The normalized spacial score (nSPS) is 10.0. The van der Waals surface area contributed by atoms with Crippen LogP contribution in [0.4, 0.5) is 26.2 Å². The Hall–Kier alpha value is -2.93. The van der Waals surface area contributed by atoms with Gasteiger partial charge in [-0.3, -0.25) is 4.79 Å². The van der Waals surface area contributed by atoms with Gasteiger partial charge in [-0.05, 0) is 36.4 Å². The Morgan fingerprint density at radius 1 is 0.957 bits per heavy atom. The fraction of sp³-hybridized carbons (Fsp3) is 0.125. The summed E-state index contributed by atoms with van der Waals surface area (Å²) >= 11 is 0. The van der Waals surface area contributed by atoms with E-state index < -0.39 is 11.8 Å². The minimum absolute atomic E-state index is 0.0367. The largest absolute Gasteiger partial charge is 0.375 e. The van der Waals surface area contributed by atoms with Crippen molar-refractivity contribution in [3.63, 3.8) is 0 Å². The van der Waals surface area contributed by atoms with Crippen molar-refractivity contribution in [2.24, 2.45) is 0 Å². The molecule has 23 heavy (non-hydrogen) atoms. The second-order valence-electron chi connectivity index (χ2n) is 4.62. The second kappa shape index (κ2) is 7.90. The summed E-state index contributed by atoms with van der Waals surface area (Å²) in [4.78, 5) is 23.2. The molecule has 0 unspecified atom stereocenters. The third-order valence-corrected chi connectivity index (χ3v) is 2.82. The van der Waals surface area contributed by atoms with Gasteiger partial charge in [0.05, 0.1) is 5.69 Å². The zero-order valence-corrected chi connectivity index (χ0v) is 12.4. The molecule has 7 heteroatoms. The number of amides is 3. The molecule has 0 saturated carbocycles. The molecule has 0 atom stereocenters. The fourth-order valence-corrected chi connectivity index (χ4v) is 1.81. The highest BCUT2D eigenvalue weighted by Crippen LogP contribution is 2.15. The minimum Gasteiger partial charge on any atom is -0.375 e. The number of halogens is 1. The second-order valence-corrected chi connectivity index (χ2v) is 4.62. The van der Waals surface area contributed by atoms with Crippen molar-refractivity contribution in [1.82, 2.24) is 0 Å². The highest BCUT2D eigenvalue weighted by Gasteiger charge is 2.07. The van der Waals surface area contributed by atoms with E-state index >= 15 is 0 Å². The van der Waals surface area contributed by atoms with Crippen LogP contribution in [-0.4, -0.2) is 25.7 Å². The van der Waals surface area contributed by atoms with E-state index in [4.69, 9.17) is 4.74 Å². The number of para-hydroxylation sites is 1. The predicted molar refractivity (Wildman–Crippen MR) is 86.0 cm³/mol. The number of nitrogens with one attached hydrogen (secondary N) is 3. The van der Waals surface area contributed by atoms with Crippen molar-refractivity contribution in [1.29, 1.82) is 0 Å². The first-order valence-corrected chi connectivity index (χ1v) is 6.80. The molecule has 2 rings (SSSR count). The SMILES string of the molecule is COCC(=O)Nc1ccc(NC(=O)Nc2ccccc2F)cc1. The zero-order chi connectivity index (χ0) is 16.7. The lowest BCUT2D eigenvalue weighted by atomic mass is 10.2. The molecule has 120 valence electrons. The van der Waals surface area contributed by atoms with E-state index in [2.05, 4.69) is 16.0 Å². The van der Waals surface area contributed by atoms with E-state index in [1.165, 1.54) is 25.3 Å². The summed E-state index contributed by atoms with van der Waals surface area (Å²) in [6.07, 6.45) is 0. The van der Waals surface area contributed by atoms with Crippen LogP contribution in [0, 0.1) is 5.82 Å². The van der Waals surface area contributed by atoms with Gasteiger partial charge in [0, 0.05) is 18.5 Å². The van der Waals surface area contributed by atoms with Crippen molar-refractivity contribution >= 4 is 29.0 Å². The lowest BCUT2D eigenvalue weighted by Crippen LogP contribution is -2.20. The quantitative estimate of drug-likeness (QED) is 0.793. The first kappa shape index (κ1) is 16.4. The predicted octanol–water partition coefficient (Wildman–Crippen LogP) is 3.05.